The number of aryl methyl sites for hydroxylation is 2. The van der Waals surface area contributed by atoms with Crippen LogP contribution in [0.1, 0.15) is 21.9 Å². The molecule has 10 heteroatoms. The fourth-order valence-corrected chi connectivity index (χ4v) is 4.68. The zero-order valence-corrected chi connectivity index (χ0v) is 15.3. The van der Waals surface area contributed by atoms with Crippen molar-refractivity contribution >= 4 is 50.4 Å². The van der Waals surface area contributed by atoms with Gasteiger partial charge in [0.2, 0.25) is 5.13 Å². The van der Waals surface area contributed by atoms with Crippen molar-refractivity contribution in [3.8, 4) is 0 Å². The van der Waals surface area contributed by atoms with Crippen molar-refractivity contribution in [2.75, 3.05) is 12.3 Å². The van der Waals surface area contributed by atoms with Gasteiger partial charge in [0, 0.05) is 24.4 Å². The van der Waals surface area contributed by atoms with Crippen LogP contribution in [0.25, 0.3) is 10.2 Å². The van der Waals surface area contributed by atoms with E-state index in [2.05, 4.69) is 20.5 Å². The van der Waals surface area contributed by atoms with Gasteiger partial charge in [0.05, 0.1) is 11.7 Å². The van der Waals surface area contributed by atoms with E-state index in [4.69, 9.17) is 5.73 Å². The average molecular weight is 385 g/mol. The number of anilines is 1. The van der Waals surface area contributed by atoms with Gasteiger partial charge in [-0.05, 0) is 24.9 Å². The molecule has 1 aliphatic heterocycles. The van der Waals surface area contributed by atoms with Crippen molar-refractivity contribution in [1.82, 2.24) is 25.1 Å². The summed E-state index contributed by atoms with van der Waals surface area (Å²) in [6, 6.07) is 0. The fourth-order valence-electron chi connectivity index (χ4n) is 2.88. The molecule has 0 fully saturated rings. The third-order valence-electron chi connectivity index (χ3n) is 3.97. The first kappa shape index (κ1) is 17.3. The minimum absolute atomic E-state index is 0. The minimum atomic E-state index is 0. The van der Waals surface area contributed by atoms with E-state index < -0.39 is 0 Å². The molecule has 0 saturated heterocycles. The molecule has 0 bridgehead atoms. The predicted molar refractivity (Wildman–Crippen MR) is 99.2 cm³/mol. The largest absolute Gasteiger partial charge is 0.374 e. The molecule has 3 N–H and O–H groups in total. The summed E-state index contributed by atoms with van der Waals surface area (Å²) >= 11 is 3.03. The normalized spacial score (nSPS) is 13.7. The molecule has 1 aliphatic rings. The van der Waals surface area contributed by atoms with Crippen LogP contribution in [0.5, 0.6) is 0 Å². The molecule has 128 valence electrons. The summed E-state index contributed by atoms with van der Waals surface area (Å²) in [7, 11) is 0. The van der Waals surface area contributed by atoms with Crippen LogP contribution in [-0.2, 0) is 25.9 Å². The Balaban J connectivity index is 0.00000169. The number of aromatic nitrogens is 4. The molecule has 7 nitrogen and oxygen atoms in total. The molecule has 3 aromatic rings. The molecule has 3 aromatic heterocycles. The first-order valence-corrected chi connectivity index (χ1v) is 9.14. The summed E-state index contributed by atoms with van der Waals surface area (Å²) in [5.41, 5.74) is 6.84. The van der Waals surface area contributed by atoms with Crippen molar-refractivity contribution < 1.29 is 0 Å². The molecule has 0 radical (unpaired) electrons. The van der Waals surface area contributed by atoms with Crippen LogP contribution in [-0.4, -0.2) is 26.3 Å². The van der Waals surface area contributed by atoms with E-state index in [1.165, 1.54) is 21.8 Å². The third kappa shape index (κ3) is 3.16. The minimum Gasteiger partial charge on any atom is -0.374 e. The highest BCUT2D eigenvalue weighted by atomic mass is 35.5. The lowest BCUT2D eigenvalue weighted by Gasteiger charge is -2.12. The van der Waals surface area contributed by atoms with Crippen LogP contribution >= 0.6 is 35.1 Å². The fraction of sp³-hybridized carbons (Fsp3) is 0.429. The van der Waals surface area contributed by atoms with Crippen LogP contribution in [0.15, 0.2) is 11.1 Å². The quantitative estimate of drug-likeness (QED) is 0.708. The lowest BCUT2D eigenvalue weighted by atomic mass is 10.1. The Kier molecular flexibility index (Phi) is 5.14. The Labute approximate surface area is 152 Å². The van der Waals surface area contributed by atoms with Gasteiger partial charge in [-0.25, -0.2) is 4.98 Å². The number of halogens is 1. The molecule has 0 amide bonds. The van der Waals surface area contributed by atoms with Crippen molar-refractivity contribution in [2.24, 2.45) is 0 Å². The Morgan fingerprint density at radius 3 is 3.00 bits per heavy atom. The average Bonchev–Trinajstić information content (AvgIpc) is 3.13. The molecule has 24 heavy (non-hydrogen) atoms. The van der Waals surface area contributed by atoms with Gasteiger partial charge in [-0.2, -0.15) is 0 Å². The Hall–Kier alpha value is -1.55. The van der Waals surface area contributed by atoms with Crippen LogP contribution < -0.4 is 16.6 Å². The Bertz CT molecular complexity index is 918. The van der Waals surface area contributed by atoms with Gasteiger partial charge < -0.3 is 11.1 Å². The van der Waals surface area contributed by atoms with E-state index in [1.54, 1.807) is 22.2 Å². The molecule has 0 atom stereocenters. The van der Waals surface area contributed by atoms with E-state index in [1.807, 2.05) is 0 Å². The zero-order valence-electron chi connectivity index (χ0n) is 12.8. The highest BCUT2D eigenvalue weighted by Gasteiger charge is 2.19. The molecular formula is C14H17ClN6OS2. The standard InChI is InChI=1S/C14H16N6OS2.ClH/c15-14-19-18-10(23-14)2-1-5-20-7-17-12-11(13(20)21)8-3-4-16-6-9(8)22-12;/h7,16H,1-6H2,(H2,15,19);1H. The van der Waals surface area contributed by atoms with Gasteiger partial charge in [0.15, 0.2) is 0 Å². The number of nitrogen functional groups attached to an aromatic ring is 1. The maximum Gasteiger partial charge on any atom is 0.262 e. The van der Waals surface area contributed by atoms with Crippen molar-refractivity contribution in [3.05, 3.63) is 32.1 Å². The lowest BCUT2D eigenvalue weighted by molar-refractivity contribution is 0.613. The molecule has 4 rings (SSSR count). The first-order chi connectivity index (χ1) is 11.2. The van der Waals surface area contributed by atoms with E-state index in [0.717, 1.165) is 47.6 Å². The number of hydrogen-bond donors (Lipinski definition) is 2. The molecule has 0 saturated carbocycles. The lowest BCUT2D eigenvalue weighted by Crippen LogP contribution is -2.25. The third-order valence-corrected chi connectivity index (χ3v) is 5.92. The molecule has 0 spiro atoms. The maximum atomic E-state index is 12.8. The van der Waals surface area contributed by atoms with Gasteiger partial charge in [0.25, 0.3) is 5.56 Å². The number of nitrogens with one attached hydrogen (secondary N) is 1. The van der Waals surface area contributed by atoms with Crippen molar-refractivity contribution in [2.45, 2.75) is 32.4 Å². The van der Waals surface area contributed by atoms with E-state index in [0.29, 0.717) is 11.7 Å². The second kappa shape index (κ2) is 7.14. The topological polar surface area (TPSA) is 98.7 Å². The van der Waals surface area contributed by atoms with E-state index in [-0.39, 0.29) is 18.0 Å². The highest BCUT2D eigenvalue weighted by molar-refractivity contribution is 7.18. The van der Waals surface area contributed by atoms with Gasteiger partial charge in [-0.3, -0.25) is 9.36 Å². The number of thiophene rings is 1. The van der Waals surface area contributed by atoms with Crippen LogP contribution in [0.4, 0.5) is 5.13 Å². The van der Waals surface area contributed by atoms with Gasteiger partial charge >= 0.3 is 0 Å². The van der Waals surface area contributed by atoms with Gasteiger partial charge in [0.1, 0.15) is 9.84 Å². The molecule has 4 heterocycles. The number of nitrogens with two attached hydrogens (primary N) is 1. The summed E-state index contributed by atoms with van der Waals surface area (Å²) in [5.74, 6) is 0. The highest BCUT2D eigenvalue weighted by Crippen LogP contribution is 2.29. The van der Waals surface area contributed by atoms with Crippen LogP contribution in [0, 0.1) is 0 Å². The SMILES string of the molecule is Cl.Nc1nnc(CCCn2cnc3sc4c(c3c2=O)CCNC4)s1. The van der Waals surface area contributed by atoms with Crippen LogP contribution in [0.2, 0.25) is 0 Å². The second-order valence-corrected chi connectivity index (χ2v) is 7.67. The van der Waals surface area contributed by atoms with E-state index in [9.17, 15) is 4.79 Å². The molecule has 0 aliphatic carbocycles. The molecule has 0 unspecified atom stereocenters. The predicted octanol–water partition coefficient (Wildman–Crippen LogP) is 1.59. The summed E-state index contributed by atoms with van der Waals surface area (Å²) in [6.45, 7) is 2.39. The molecular weight excluding hydrogens is 368 g/mol. The Morgan fingerprint density at radius 2 is 2.21 bits per heavy atom. The number of hydrogen-bond acceptors (Lipinski definition) is 8. The number of fused-ring (bicyclic) bond motifs is 3. The smallest absolute Gasteiger partial charge is 0.262 e. The monoisotopic (exact) mass is 384 g/mol. The van der Waals surface area contributed by atoms with E-state index >= 15 is 0 Å². The van der Waals surface area contributed by atoms with Crippen molar-refractivity contribution in [1.29, 1.82) is 0 Å². The van der Waals surface area contributed by atoms with Crippen LogP contribution in [0.3, 0.4) is 0 Å². The number of nitrogens with zero attached hydrogens (tertiary/aromatic N) is 4. The first-order valence-electron chi connectivity index (χ1n) is 7.50. The Morgan fingerprint density at radius 1 is 1.33 bits per heavy atom. The summed E-state index contributed by atoms with van der Waals surface area (Å²) < 4.78 is 1.71. The molecule has 0 aromatic carbocycles. The van der Waals surface area contributed by atoms with Gasteiger partial charge in [-0.1, -0.05) is 11.3 Å². The summed E-state index contributed by atoms with van der Waals surface area (Å²) in [5, 5.41) is 13.4. The summed E-state index contributed by atoms with van der Waals surface area (Å²) in [4.78, 5) is 19.4. The zero-order chi connectivity index (χ0) is 15.8. The van der Waals surface area contributed by atoms with Gasteiger partial charge in [-0.15, -0.1) is 33.9 Å². The maximum absolute atomic E-state index is 12.8. The second-order valence-electron chi connectivity index (χ2n) is 5.49. The van der Waals surface area contributed by atoms with Crippen molar-refractivity contribution in [3.63, 3.8) is 0 Å². The number of rotatable bonds is 4. The summed E-state index contributed by atoms with van der Waals surface area (Å²) in [6.07, 6.45) is 4.15.